The van der Waals surface area contributed by atoms with Crippen LogP contribution in [0.15, 0.2) is 48.6 Å². The highest BCUT2D eigenvalue weighted by atomic mass is 32.2. The topological polar surface area (TPSA) is 55.8 Å². The summed E-state index contributed by atoms with van der Waals surface area (Å²) in [6.45, 7) is 8.12. The minimum atomic E-state index is -0.337. The lowest BCUT2D eigenvalue weighted by molar-refractivity contribution is -0.159. The van der Waals surface area contributed by atoms with Gasteiger partial charge >= 0.3 is 11.9 Å². The predicted molar refractivity (Wildman–Crippen MR) is 227 cm³/mol. The van der Waals surface area contributed by atoms with Gasteiger partial charge in [0, 0.05) is 37.4 Å². The second kappa shape index (κ2) is 38.9. The number of thioether (sulfide) groups is 1. The van der Waals surface area contributed by atoms with E-state index in [2.05, 4.69) is 67.4 Å². The fraction of sp³-hybridized carbons (Fsp3) is 0.783. The molecule has 1 aliphatic rings. The number of hydrogen-bond donors (Lipinski definition) is 0. The summed E-state index contributed by atoms with van der Waals surface area (Å²) in [5.74, 6) is 2.14. The SMILES string of the molecule is CCCCC/C=C\C/C=C\CCCCCCCC(=O)OCC(CCCCN1CCSCC1)OC(=O)CCCCCCC/C=C\C/C=C\CCCCC. The minimum absolute atomic E-state index is 0.145. The Hall–Kier alpha value is -1.79. The van der Waals surface area contributed by atoms with Crippen LogP contribution in [-0.4, -0.2) is 60.7 Å². The third-order valence-electron chi connectivity index (χ3n) is 9.75. The van der Waals surface area contributed by atoms with E-state index in [0.29, 0.717) is 12.8 Å². The molecule has 1 unspecified atom stereocenters. The molecule has 0 N–H and O–H groups in total. The highest BCUT2D eigenvalue weighted by molar-refractivity contribution is 7.99. The van der Waals surface area contributed by atoms with Crippen molar-refractivity contribution in [3.63, 3.8) is 0 Å². The molecule has 1 rings (SSSR count). The van der Waals surface area contributed by atoms with Crippen molar-refractivity contribution in [2.45, 2.75) is 193 Å². The normalized spacial score (nSPS) is 14.7. The van der Waals surface area contributed by atoms with Gasteiger partial charge in [-0.25, -0.2) is 0 Å². The number of esters is 2. The molecule has 5 nitrogen and oxygen atoms in total. The predicted octanol–water partition coefficient (Wildman–Crippen LogP) is 13.3. The Labute approximate surface area is 326 Å². The van der Waals surface area contributed by atoms with Crippen molar-refractivity contribution in [2.24, 2.45) is 0 Å². The maximum atomic E-state index is 12.7. The second-order valence-corrected chi connectivity index (χ2v) is 15.9. The van der Waals surface area contributed by atoms with Crippen LogP contribution in [0.5, 0.6) is 0 Å². The second-order valence-electron chi connectivity index (χ2n) is 14.7. The molecule has 1 heterocycles. The van der Waals surface area contributed by atoms with Gasteiger partial charge in [0.2, 0.25) is 0 Å². The van der Waals surface area contributed by atoms with E-state index in [1.807, 2.05) is 11.8 Å². The monoisotopic (exact) mass is 744 g/mol. The van der Waals surface area contributed by atoms with E-state index in [0.717, 1.165) is 90.0 Å². The number of unbranched alkanes of at least 4 members (excludes halogenated alkanes) is 17. The van der Waals surface area contributed by atoms with E-state index in [1.54, 1.807) is 0 Å². The van der Waals surface area contributed by atoms with Gasteiger partial charge < -0.3 is 14.4 Å². The first-order valence-electron chi connectivity index (χ1n) is 21.9. The van der Waals surface area contributed by atoms with Crippen LogP contribution in [0.3, 0.4) is 0 Å². The standard InChI is InChI=1S/C46H81NO4S/c1-3-5-7-9-11-13-15-17-19-21-23-25-27-29-31-36-45(48)50-43-44(35-33-34-38-47-39-41-52-42-40-47)51-46(49)37-32-30-28-26-24-22-20-18-16-14-12-10-8-6-4-2/h11-14,17-20,44H,3-10,15-16,21-43H2,1-2H3/b13-11-,14-12-,19-17-,20-18-. The third kappa shape index (κ3) is 34.0. The summed E-state index contributed by atoms with van der Waals surface area (Å²) in [5.41, 5.74) is 0. The number of ether oxygens (including phenoxy) is 2. The highest BCUT2D eigenvalue weighted by Crippen LogP contribution is 2.15. The maximum Gasteiger partial charge on any atom is 0.306 e. The molecule has 0 bridgehead atoms. The van der Waals surface area contributed by atoms with Gasteiger partial charge in [0.05, 0.1) is 0 Å². The van der Waals surface area contributed by atoms with E-state index in [-0.39, 0.29) is 24.6 Å². The zero-order valence-electron chi connectivity index (χ0n) is 34.0. The summed E-state index contributed by atoms with van der Waals surface area (Å²) in [5, 5.41) is 0. The summed E-state index contributed by atoms with van der Waals surface area (Å²) in [7, 11) is 0. The molecule has 0 aromatic heterocycles. The van der Waals surface area contributed by atoms with Crippen molar-refractivity contribution in [3.05, 3.63) is 48.6 Å². The molecule has 0 aromatic carbocycles. The maximum absolute atomic E-state index is 12.7. The van der Waals surface area contributed by atoms with Crippen molar-refractivity contribution in [3.8, 4) is 0 Å². The van der Waals surface area contributed by atoms with E-state index in [9.17, 15) is 9.59 Å². The molecule has 300 valence electrons. The largest absolute Gasteiger partial charge is 0.462 e. The summed E-state index contributed by atoms with van der Waals surface area (Å²) in [4.78, 5) is 27.8. The molecule has 1 saturated heterocycles. The number of hydrogen-bond acceptors (Lipinski definition) is 6. The van der Waals surface area contributed by atoms with Gasteiger partial charge in [0.15, 0.2) is 0 Å². The van der Waals surface area contributed by atoms with E-state index >= 15 is 0 Å². The van der Waals surface area contributed by atoms with Crippen LogP contribution in [0.2, 0.25) is 0 Å². The molecule has 0 amide bonds. The number of rotatable bonds is 36. The Bertz CT molecular complexity index is 923. The molecular formula is C46H81NO4S. The molecule has 0 saturated carbocycles. The zero-order valence-corrected chi connectivity index (χ0v) is 34.8. The Kier molecular flexibility index (Phi) is 36.1. The fourth-order valence-corrected chi connectivity index (χ4v) is 7.35. The van der Waals surface area contributed by atoms with E-state index in [1.165, 1.54) is 102 Å². The van der Waals surface area contributed by atoms with Gasteiger partial charge in [0.25, 0.3) is 0 Å². The smallest absolute Gasteiger partial charge is 0.306 e. The molecule has 1 atom stereocenters. The number of carbonyl (C=O) groups excluding carboxylic acids is 2. The molecule has 52 heavy (non-hydrogen) atoms. The highest BCUT2D eigenvalue weighted by Gasteiger charge is 2.18. The lowest BCUT2D eigenvalue weighted by Gasteiger charge is -2.26. The minimum Gasteiger partial charge on any atom is -0.462 e. The van der Waals surface area contributed by atoms with Gasteiger partial charge in [-0.2, -0.15) is 11.8 Å². The number of carbonyl (C=O) groups is 2. The summed E-state index contributed by atoms with van der Waals surface area (Å²) in [6.07, 6.45) is 47.4. The quantitative estimate of drug-likeness (QED) is 0.0362. The Morgan fingerprint density at radius 1 is 0.558 bits per heavy atom. The van der Waals surface area contributed by atoms with Gasteiger partial charge in [-0.3, -0.25) is 9.59 Å². The molecule has 1 aliphatic heterocycles. The van der Waals surface area contributed by atoms with Crippen LogP contribution in [0.1, 0.15) is 187 Å². The van der Waals surface area contributed by atoms with E-state index < -0.39 is 0 Å². The molecule has 6 heteroatoms. The number of allylic oxidation sites excluding steroid dienone is 8. The lowest BCUT2D eigenvalue weighted by atomic mass is 10.1. The molecule has 1 fully saturated rings. The fourth-order valence-electron chi connectivity index (χ4n) is 6.37. The molecule has 0 spiro atoms. The van der Waals surface area contributed by atoms with Crippen LogP contribution >= 0.6 is 11.8 Å². The van der Waals surface area contributed by atoms with Crippen molar-refractivity contribution in [1.29, 1.82) is 0 Å². The molecule has 0 aromatic rings. The van der Waals surface area contributed by atoms with Crippen LogP contribution in [0.4, 0.5) is 0 Å². The summed E-state index contributed by atoms with van der Waals surface area (Å²) >= 11 is 2.04. The average Bonchev–Trinajstić information content (AvgIpc) is 3.15. The van der Waals surface area contributed by atoms with E-state index in [4.69, 9.17) is 9.47 Å². The molecule has 0 aliphatic carbocycles. The molecular weight excluding hydrogens is 663 g/mol. The van der Waals surface area contributed by atoms with Crippen LogP contribution in [0.25, 0.3) is 0 Å². The van der Waals surface area contributed by atoms with Gasteiger partial charge in [-0.15, -0.1) is 0 Å². The Balaban J connectivity index is 2.20. The van der Waals surface area contributed by atoms with Crippen LogP contribution in [0, 0.1) is 0 Å². The van der Waals surface area contributed by atoms with Gasteiger partial charge in [-0.05, 0) is 103 Å². The summed E-state index contributed by atoms with van der Waals surface area (Å²) in [6, 6.07) is 0. The van der Waals surface area contributed by atoms with Crippen molar-refractivity contribution in [2.75, 3.05) is 37.7 Å². The van der Waals surface area contributed by atoms with Crippen molar-refractivity contribution in [1.82, 2.24) is 4.90 Å². The first-order chi connectivity index (χ1) is 25.7. The first kappa shape index (κ1) is 48.2. The Morgan fingerprint density at radius 2 is 1.02 bits per heavy atom. The van der Waals surface area contributed by atoms with Crippen molar-refractivity contribution < 1.29 is 19.1 Å². The molecule has 0 radical (unpaired) electrons. The summed E-state index contributed by atoms with van der Waals surface area (Å²) < 4.78 is 11.5. The zero-order chi connectivity index (χ0) is 37.4. The number of nitrogens with zero attached hydrogens (tertiary/aromatic N) is 1. The van der Waals surface area contributed by atoms with Crippen molar-refractivity contribution >= 4 is 23.7 Å². The average molecular weight is 744 g/mol. The lowest BCUT2D eigenvalue weighted by Crippen LogP contribution is -2.33. The first-order valence-corrected chi connectivity index (χ1v) is 23.1. The third-order valence-corrected chi connectivity index (χ3v) is 10.7. The van der Waals surface area contributed by atoms with Gasteiger partial charge in [0.1, 0.15) is 12.7 Å². The van der Waals surface area contributed by atoms with Gasteiger partial charge in [-0.1, -0.05) is 127 Å². The Morgan fingerprint density at radius 3 is 1.54 bits per heavy atom. The van der Waals surface area contributed by atoms with Crippen LogP contribution < -0.4 is 0 Å². The van der Waals surface area contributed by atoms with Crippen LogP contribution in [-0.2, 0) is 19.1 Å².